The van der Waals surface area contributed by atoms with Crippen LogP contribution in [0.1, 0.15) is 50.2 Å². The number of ether oxygens (including phenoxy) is 1. The zero-order valence-electron chi connectivity index (χ0n) is 26.5. The Morgan fingerprint density at radius 1 is 1.19 bits per heavy atom. The van der Waals surface area contributed by atoms with E-state index in [1.54, 1.807) is 12.1 Å². The molecule has 0 aliphatic carbocycles. The van der Waals surface area contributed by atoms with Gasteiger partial charge in [0.25, 0.3) is 0 Å². The highest BCUT2D eigenvalue weighted by Crippen LogP contribution is 2.49. The second-order valence-corrected chi connectivity index (χ2v) is 14.7. The van der Waals surface area contributed by atoms with E-state index in [0.29, 0.717) is 48.1 Å². The van der Waals surface area contributed by atoms with E-state index in [1.807, 2.05) is 0 Å². The van der Waals surface area contributed by atoms with Gasteiger partial charge in [0.15, 0.2) is 5.82 Å². The number of alkyl halides is 1. The fraction of sp³-hybridized carbons (Fsp3) is 0.472. The topological polar surface area (TPSA) is 92.4 Å². The summed E-state index contributed by atoms with van der Waals surface area (Å²) < 4.78 is 53.5. The lowest BCUT2D eigenvalue weighted by Gasteiger charge is -2.43. The highest BCUT2D eigenvalue weighted by atomic mass is 35.5. The van der Waals surface area contributed by atoms with Crippen molar-refractivity contribution in [2.24, 2.45) is 5.92 Å². The van der Waals surface area contributed by atoms with Crippen molar-refractivity contribution in [3.8, 4) is 29.6 Å². The van der Waals surface area contributed by atoms with Crippen LogP contribution in [0.2, 0.25) is 5.02 Å². The predicted octanol–water partition coefficient (Wildman–Crippen LogP) is 5.80. The van der Waals surface area contributed by atoms with Gasteiger partial charge in [-0.15, -0.1) is 6.42 Å². The van der Waals surface area contributed by atoms with Crippen LogP contribution in [-0.4, -0.2) is 75.9 Å². The number of fused-ring (bicyclic) bond motifs is 7. The Balaban J connectivity index is 1.29. The molecule has 3 N–H and O–H groups in total. The molecule has 8 nitrogen and oxygen atoms in total. The van der Waals surface area contributed by atoms with Crippen molar-refractivity contribution < 1.29 is 17.9 Å². The average molecular weight is 674 g/mol. The maximum atomic E-state index is 17.4. The fourth-order valence-corrected chi connectivity index (χ4v) is 9.89. The number of hydrogen-bond acceptors (Lipinski definition) is 8. The number of pyridine rings is 1. The maximum absolute atomic E-state index is 17.4. The van der Waals surface area contributed by atoms with E-state index in [1.165, 1.54) is 6.07 Å². The summed E-state index contributed by atoms with van der Waals surface area (Å²) in [5.74, 6) is 1.84. The summed E-state index contributed by atoms with van der Waals surface area (Å²) in [6.45, 7) is 4.29. The normalized spacial score (nSPS) is 29.2. The molecule has 0 radical (unpaired) electrons. The third-order valence-corrected chi connectivity index (χ3v) is 11.9. The Labute approximate surface area is 281 Å². The summed E-state index contributed by atoms with van der Waals surface area (Å²) in [6.07, 6.45) is 9.63. The van der Waals surface area contributed by atoms with Crippen LogP contribution in [0.4, 0.5) is 24.8 Å². The number of rotatable bonds is 4. The molecular formula is C36H35ClF3N7O. The number of halogens is 4. The minimum Gasteiger partial charge on any atom is -0.461 e. The third kappa shape index (κ3) is 4.35. The van der Waals surface area contributed by atoms with Crippen molar-refractivity contribution in [1.82, 2.24) is 25.2 Å². The molecule has 2 aromatic heterocycles. The second-order valence-electron chi connectivity index (χ2n) is 14.3. The number of nitrogen functional groups attached to an aromatic ring is 1. The van der Waals surface area contributed by atoms with Gasteiger partial charge in [-0.05, 0) is 67.6 Å². The van der Waals surface area contributed by atoms with Crippen molar-refractivity contribution in [1.29, 1.82) is 0 Å². The molecule has 48 heavy (non-hydrogen) atoms. The molecule has 9 rings (SSSR count). The van der Waals surface area contributed by atoms with Gasteiger partial charge in [-0.1, -0.05) is 30.5 Å². The Hall–Kier alpha value is -3.85. The van der Waals surface area contributed by atoms with Gasteiger partial charge in [-0.2, -0.15) is 9.97 Å². The van der Waals surface area contributed by atoms with E-state index in [-0.39, 0.29) is 75.2 Å². The quantitative estimate of drug-likeness (QED) is 0.263. The average Bonchev–Trinajstić information content (AvgIpc) is 3.70. The molecule has 4 aromatic rings. The standard InChI is InChI=1S/C36H35ClF3N7O/c1-3-21-23(39)7-5-18-12-25(41)43-31(26(18)21)28-29(37)22-11-17(2)33-24-8-6-20(42-24)15-47(33)34-27(22)32(30(28)40)44-35(45-34)48-16-36-9-4-10-46(36)14-19(38)13-36/h1,5,7,12,17,19-20,24,33,42H,4,6,8-11,13-16H2,2H3,(H2,41,43)/t17-,19+,20+,24-,33-,36-/m0/s1. The van der Waals surface area contributed by atoms with Gasteiger partial charge in [0.2, 0.25) is 0 Å². The van der Waals surface area contributed by atoms with Crippen molar-refractivity contribution in [3.05, 3.63) is 46.0 Å². The van der Waals surface area contributed by atoms with Crippen molar-refractivity contribution >= 4 is 44.9 Å². The summed E-state index contributed by atoms with van der Waals surface area (Å²) in [6, 6.07) is 4.99. The smallest absolute Gasteiger partial charge is 0.319 e. The molecule has 0 unspecified atom stereocenters. The Morgan fingerprint density at radius 3 is 2.88 bits per heavy atom. The lowest BCUT2D eigenvalue weighted by Crippen LogP contribution is -2.60. The molecule has 2 bridgehead atoms. The first-order valence-electron chi connectivity index (χ1n) is 16.8. The number of hydrogen-bond donors (Lipinski definition) is 2. The summed E-state index contributed by atoms with van der Waals surface area (Å²) >= 11 is 7.27. The largest absolute Gasteiger partial charge is 0.461 e. The Kier molecular flexibility index (Phi) is 6.82. The first-order valence-corrected chi connectivity index (χ1v) is 17.2. The van der Waals surface area contributed by atoms with Gasteiger partial charge in [-0.25, -0.2) is 18.2 Å². The molecular weight excluding hydrogens is 639 g/mol. The minimum absolute atomic E-state index is 0.0269. The fourth-order valence-electron chi connectivity index (χ4n) is 9.54. The van der Waals surface area contributed by atoms with Crippen LogP contribution in [0.3, 0.4) is 0 Å². The molecule has 4 fully saturated rings. The molecule has 5 aliphatic rings. The van der Waals surface area contributed by atoms with Crippen LogP contribution >= 0.6 is 11.6 Å². The number of aromatic nitrogens is 3. The first kappa shape index (κ1) is 30.2. The molecule has 0 amide bonds. The summed E-state index contributed by atoms with van der Waals surface area (Å²) in [5.41, 5.74) is 6.48. The van der Waals surface area contributed by atoms with Crippen molar-refractivity contribution in [3.63, 3.8) is 0 Å². The Bertz CT molecular complexity index is 2070. The lowest BCUT2D eigenvalue weighted by atomic mass is 9.87. The van der Waals surface area contributed by atoms with Gasteiger partial charge in [0.1, 0.15) is 35.7 Å². The number of piperazine rings is 1. The molecule has 5 aliphatic heterocycles. The van der Waals surface area contributed by atoms with Crippen LogP contribution < -0.4 is 20.7 Å². The van der Waals surface area contributed by atoms with E-state index < -0.39 is 23.3 Å². The summed E-state index contributed by atoms with van der Waals surface area (Å²) in [4.78, 5) is 18.7. The predicted molar refractivity (Wildman–Crippen MR) is 180 cm³/mol. The van der Waals surface area contributed by atoms with Gasteiger partial charge in [0.05, 0.1) is 32.8 Å². The van der Waals surface area contributed by atoms with E-state index in [9.17, 15) is 4.39 Å². The first-order chi connectivity index (χ1) is 23.2. The highest BCUT2D eigenvalue weighted by Gasteiger charge is 2.50. The van der Waals surface area contributed by atoms with Crippen molar-refractivity contribution in [2.75, 3.05) is 36.9 Å². The number of anilines is 2. The number of nitrogens with zero attached hydrogens (tertiary/aromatic N) is 5. The van der Waals surface area contributed by atoms with Gasteiger partial charge < -0.3 is 20.7 Å². The van der Waals surface area contributed by atoms with Crippen LogP contribution in [-0.2, 0) is 6.42 Å². The molecule has 0 saturated carbocycles. The van der Waals surface area contributed by atoms with Crippen LogP contribution in [0.15, 0.2) is 18.2 Å². The van der Waals surface area contributed by atoms with E-state index in [2.05, 4.69) is 32.9 Å². The molecule has 248 valence electrons. The third-order valence-electron chi connectivity index (χ3n) is 11.5. The molecule has 0 spiro atoms. The van der Waals surface area contributed by atoms with Gasteiger partial charge >= 0.3 is 6.01 Å². The van der Waals surface area contributed by atoms with E-state index in [4.69, 9.17) is 38.5 Å². The summed E-state index contributed by atoms with van der Waals surface area (Å²) in [5, 5.41) is 5.21. The minimum atomic E-state index is -0.919. The highest BCUT2D eigenvalue weighted by molar-refractivity contribution is 6.36. The number of terminal acetylenes is 1. The van der Waals surface area contributed by atoms with Crippen LogP contribution in [0, 0.1) is 29.9 Å². The second kappa shape index (κ2) is 10.8. The SMILES string of the molecule is C#Cc1c(F)ccc2cc(N)nc(-c3c(Cl)c4c5c(nc(OC[C@@]67CCCN6C[C@H](F)C7)nc5c3F)N3C[C@H]5CC[C@H](N5)[C@@H]3[C@@H](C)C4)c12. The number of benzene rings is 2. The lowest BCUT2D eigenvalue weighted by molar-refractivity contribution is 0.107. The number of nitrogens with one attached hydrogen (secondary N) is 1. The molecule has 12 heteroatoms. The van der Waals surface area contributed by atoms with Crippen LogP contribution in [0.5, 0.6) is 6.01 Å². The Morgan fingerprint density at radius 2 is 2.04 bits per heavy atom. The monoisotopic (exact) mass is 673 g/mol. The zero-order valence-corrected chi connectivity index (χ0v) is 27.3. The molecule has 7 heterocycles. The molecule has 6 atom stereocenters. The maximum Gasteiger partial charge on any atom is 0.319 e. The van der Waals surface area contributed by atoms with Crippen molar-refractivity contribution in [2.45, 2.75) is 75.3 Å². The van der Waals surface area contributed by atoms with Gasteiger partial charge in [-0.3, -0.25) is 4.90 Å². The van der Waals surface area contributed by atoms with E-state index in [0.717, 1.165) is 32.2 Å². The number of nitrogens with two attached hydrogens (primary N) is 1. The molecule has 2 aromatic carbocycles. The van der Waals surface area contributed by atoms with Crippen LogP contribution in [0.25, 0.3) is 32.9 Å². The molecule has 4 saturated heterocycles. The van der Waals surface area contributed by atoms with Gasteiger partial charge in [0, 0.05) is 43.0 Å². The van der Waals surface area contributed by atoms with E-state index >= 15 is 8.78 Å². The summed E-state index contributed by atoms with van der Waals surface area (Å²) in [7, 11) is 0. The zero-order chi connectivity index (χ0) is 33.1.